The number of hydrogen-bond acceptors (Lipinski definition) is 9. The predicted molar refractivity (Wildman–Crippen MR) is 116 cm³/mol. The largest absolute Gasteiger partial charge is 0.493 e. The molecule has 4 rings (SSSR count). The zero-order valence-electron chi connectivity index (χ0n) is 18.8. The lowest BCUT2D eigenvalue weighted by atomic mass is 10.1. The van der Waals surface area contributed by atoms with Crippen LogP contribution in [0.1, 0.15) is 18.6 Å². The minimum Gasteiger partial charge on any atom is -0.493 e. The Morgan fingerprint density at radius 2 is 1.55 bits per heavy atom. The molecule has 0 radical (unpaired) electrons. The average Bonchev–Trinajstić information content (AvgIpc) is 3.41. The lowest BCUT2D eigenvalue weighted by Gasteiger charge is -2.14. The van der Waals surface area contributed by atoms with Crippen LogP contribution in [0.2, 0.25) is 0 Å². The van der Waals surface area contributed by atoms with Crippen molar-refractivity contribution >= 4 is 11.9 Å². The van der Waals surface area contributed by atoms with Crippen LogP contribution in [-0.2, 0) is 4.79 Å². The van der Waals surface area contributed by atoms with E-state index in [4.69, 9.17) is 28.4 Å². The number of hydrogen-bond donors (Lipinski definition) is 0. The molecule has 2 heterocycles. The number of methoxy groups -OCH3 is 3. The Morgan fingerprint density at radius 1 is 0.879 bits per heavy atom. The molecule has 0 N–H and O–H groups in total. The first-order valence-electron chi connectivity index (χ1n) is 9.90. The van der Waals surface area contributed by atoms with Crippen LogP contribution in [-0.4, -0.2) is 49.8 Å². The Labute approximate surface area is 189 Å². The van der Waals surface area contributed by atoms with Gasteiger partial charge in [-0.1, -0.05) is 0 Å². The number of fused-ring (bicyclic) bond motifs is 1. The van der Waals surface area contributed by atoms with E-state index < -0.39 is 5.97 Å². The second-order valence-corrected chi connectivity index (χ2v) is 7.03. The third kappa shape index (κ3) is 3.91. The Morgan fingerprint density at radius 3 is 2.12 bits per heavy atom. The Balaban J connectivity index is 2.00. The third-order valence-electron chi connectivity index (χ3n) is 4.97. The van der Waals surface area contributed by atoms with Crippen molar-refractivity contribution in [2.75, 3.05) is 28.1 Å². The summed E-state index contributed by atoms with van der Waals surface area (Å²) in [6.07, 6.45) is 0. The van der Waals surface area contributed by atoms with E-state index in [0.717, 1.165) is 0 Å². The standard InChI is InChI=1S/C23H22N2O8/c1-12(26)25-21(14-6-7-16-17(8-14)32-11-31-16)23(33-13(2)27)20(24-25)15-9-18(28-3)22(30-5)19(10-15)29-4/h6-10H,11H2,1-5H3. The normalized spacial score (nSPS) is 11.8. The molecule has 0 spiro atoms. The minimum atomic E-state index is -0.575. The molecule has 0 fully saturated rings. The number of carbonyl (C=O) groups excluding carboxylic acids is 2. The number of ether oxygens (including phenoxy) is 6. The van der Waals surface area contributed by atoms with Gasteiger partial charge in [0.2, 0.25) is 18.4 Å². The summed E-state index contributed by atoms with van der Waals surface area (Å²) in [4.78, 5) is 24.6. The van der Waals surface area contributed by atoms with E-state index in [1.807, 2.05) is 0 Å². The van der Waals surface area contributed by atoms with E-state index in [1.165, 1.54) is 39.9 Å². The van der Waals surface area contributed by atoms with E-state index in [1.54, 1.807) is 30.3 Å². The summed E-state index contributed by atoms with van der Waals surface area (Å²) >= 11 is 0. The van der Waals surface area contributed by atoms with Gasteiger partial charge >= 0.3 is 5.97 Å². The summed E-state index contributed by atoms with van der Waals surface area (Å²) in [5.41, 5.74) is 1.58. The van der Waals surface area contributed by atoms with Gasteiger partial charge in [-0.05, 0) is 30.3 Å². The fourth-order valence-corrected chi connectivity index (χ4v) is 3.58. The number of nitrogens with zero attached hydrogens (tertiary/aromatic N) is 2. The highest BCUT2D eigenvalue weighted by atomic mass is 16.7. The molecule has 33 heavy (non-hydrogen) atoms. The molecule has 3 aromatic rings. The van der Waals surface area contributed by atoms with Gasteiger partial charge in [0.25, 0.3) is 0 Å². The lowest BCUT2D eigenvalue weighted by Crippen LogP contribution is -2.10. The van der Waals surface area contributed by atoms with Gasteiger partial charge in [-0.3, -0.25) is 9.59 Å². The van der Waals surface area contributed by atoms with Crippen molar-refractivity contribution in [1.82, 2.24) is 9.78 Å². The van der Waals surface area contributed by atoms with E-state index in [9.17, 15) is 9.59 Å². The zero-order chi connectivity index (χ0) is 23.7. The molecular formula is C23H22N2O8. The van der Waals surface area contributed by atoms with Crippen molar-refractivity contribution in [3.05, 3.63) is 30.3 Å². The average molecular weight is 454 g/mol. The van der Waals surface area contributed by atoms with Crippen LogP contribution in [0.3, 0.4) is 0 Å². The maximum atomic E-state index is 12.5. The molecule has 0 saturated heterocycles. The fourth-order valence-electron chi connectivity index (χ4n) is 3.58. The SMILES string of the molecule is COc1cc(-c2nn(C(C)=O)c(-c3ccc4c(c3)OCO4)c2OC(C)=O)cc(OC)c1OC. The van der Waals surface area contributed by atoms with Crippen molar-refractivity contribution in [3.63, 3.8) is 0 Å². The number of esters is 1. The van der Waals surface area contributed by atoms with Crippen LogP contribution < -0.4 is 28.4 Å². The molecule has 1 aliphatic rings. The second-order valence-electron chi connectivity index (χ2n) is 7.03. The minimum absolute atomic E-state index is 0.0955. The summed E-state index contributed by atoms with van der Waals surface area (Å²) in [5, 5.41) is 4.48. The smallest absolute Gasteiger partial charge is 0.308 e. The van der Waals surface area contributed by atoms with Crippen LogP contribution in [0.25, 0.3) is 22.5 Å². The van der Waals surface area contributed by atoms with Crippen LogP contribution in [0.4, 0.5) is 0 Å². The van der Waals surface area contributed by atoms with Crippen LogP contribution >= 0.6 is 0 Å². The number of benzene rings is 2. The van der Waals surface area contributed by atoms with E-state index in [-0.39, 0.29) is 24.1 Å². The van der Waals surface area contributed by atoms with Gasteiger partial charge in [-0.2, -0.15) is 9.78 Å². The van der Waals surface area contributed by atoms with E-state index >= 15 is 0 Å². The monoisotopic (exact) mass is 454 g/mol. The topological polar surface area (TPSA) is 107 Å². The first-order valence-corrected chi connectivity index (χ1v) is 9.90. The van der Waals surface area contributed by atoms with E-state index in [2.05, 4.69) is 5.10 Å². The van der Waals surface area contributed by atoms with Gasteiger partial charge in [0.1, 0.15) is 11.4 Å². The molecule has 1 aliphatic heterocycles. The van der Waals surface area contributed by atoms with Crippen molar-refractivity contribution in [3.8, 4) is 57.0 Å². The Kier molecular flexibility index (Phi) is 5.82. The highest BCUT2D eigenvalue weighted by Gasteiger charge is 2.28. The Bertz CT molecular complexity index is 1220. The quantitative estimate of drug-likeness (QED) is 0.517. The summed E-state index contributed by atoms with van der Waals surface area (Å²) in [6, 6.07) is 8.46. The molecule has 0 bridgehead atoms. The molecule has 0 unspecified atom stereocenters. The summed E-state index contributed by atoms with van der Waals surface area (Å²) in [5.74, 6) is 1.37. The third-order valence-corrected chi connectivity index (χ3v) is 4.97. The van der Waals surface area contributed by atoms with Crippen LogP contribution in [0.5, 0.6) is 34.5 Å². The van der Waals surface area contributed by atoms with Crippen LogP contribution in [0.15, 0.2) is 30.3 Å². The number of aromatic nitrogens is 2. The van der Waals surface area contributed by atoms with E-state index in [0.29, 0.717) is 45.6 Å². The van der Waals surface area contributed by atoms with Gasteiger partial charge in [-0.25, -0.2) is 0 Å². The van der Waals surface area contributed by atoms with Crippen molar-refractivity contribution < 1.29 is 38.0 Å². The fraction of sp³-hybridized carbons (Fsp3) is 0.261. The molecule has 172 valence electrons. The summed E-state index contributed by atoms with van der Waals surface area (Å²) < 4.78 is 33.9. The first kappa shape index (κ1) is 22.0. The summed E-state index contributed by atoms with van der Waals surface area (Å²) in [6.45, 7) is 2.73. The van der Waals surface area contributed by atoms with Gasteiger partial charge < -0.3 is 28.4 Å². The van der Waals surface area contributed by atoms with Gasteiger partial charge in [0.15, 0.2) is 28.7 Å². The number of carbonyl (C=O) groups is 2. The molecule has 0 amide bonds. The lowest BCUT2D eigenvalue weighted by molar-refractivity contribution is -0.131. The highest BCUT2D eigenvalue weighted by molar-refractivity contribution is 5.91. The van der Waals surface area contributed by atoms with Gasteiger partial charge in [0, 0.05) is 25.0 Å². The maximum absolute atomic E-state index is 12.5. The molecule has 2 aromatic carbocycles. The van der Waals surface area contributed by atoms with Crippen molar-refractivity contribution in [1.29, 1.82) is 0 Å². The molecular weight excluding hydrogens is 432 g/mol. The maximum Gasteiger partial charge on any atom is 0.308 e. The highest BCUT2D eigenvalue weighted by Crippen LogP contribution is 2.46. The zero-order valence-corrected chi connectivity index (χ0v) is 18.8. The predicted octanol–water partition coefficient (Wildman–Crippen LogP) is 3.56. The molecule has 1 aromatic heterocycles. The first-order chi connectivity index (χ1) is 15.9. The molecule has 0 atom stereocenters. The molecule has 10 nitrogen and oxygen atoms in total. The Hall–Kier alpha value is -4.21. The second kappa shape index (κ2) is 8.73. The van der Waals surface area contributed by atoms with Crippen molar-refractivity contribution in [2.24, 2.45) is 0 Å². The molecule has 10 heteroatoms. The van der Waals surface area contributed by atoms with Gasteiger partial charge in [-0.15, -0.1) is 0 Å². The van der Waals surface area contributed by atoms with Crippen molar-refractivity contribution in [2.45, 2.75) is 13.8 Å². The molecule has 0 saturated carbocycles. The molecule has 0 aliphatic carbocycles. The van der Waals surface area contributed by atoms with Gasteiger partial charge in [0.05, 0.1) is 21.3 Å². The summed E-state index contributed by atoms with van der Waals surface area (Å²) in [7, 11) is 4.47. The number of rotatable bonds is 6. The van der Waals surface area contributed by atoms with Crippen LogP contribution in [0, 0.1) is 0 Å².